The van der Waals surface area contributed by atoms with Crippen LogP contribution in [-0.2, 0) is 0 Å². The van der Waals surface area contributed by atoms with E-state index in [1.165, 1.54) is 18.2 Å². The van der Waals surface area contributed by atoms with Crippen LogP contribution in [0.4, 0.5) is 5.69 Å². The van der Waals surface area contributed by atoms with Gasteiger partial charge in [-0.1, -0.05) is 0 Å². The number of phenols is 1. The van der Waals surface area contributed by atoms with Crippen molar-refractivity contribution in [2.75, 3.05) is 27.2 Å². The van der Waals surface area contributed by atoms with E-state index in [0.717, 1.165) is 19.4 Å². The molecule has 1 amide bonds. The maximum atomic E-state index is 12.5. The predicted molar refractivity (Wildman–Crippen MR) is 77.4 cm³/mol. The summed E-state index contributed by atoms with van der Waals surface area (Å²) in [7, 11) is 3.91. The highest BCUT2D eigenvalue weighted by Gasteiger charge is 2.30. The average molecular weight is 293 g/mol. The number of aromatic hydroxyl groups is 1. The van der Waals surface area contributed by atoms with E-state index in [1.54, 1.807) is 4.90 Å². The van der Waals surface area contributed by atoms with Crippen molar-refractivity contribution in [3.8, 4) is 5.75 Å². The van der Waals surface area contributed by atoms with Crippen LogP contribution in [0.2, 0.25) is 0 Å². The van der Waals surface area contributed by atoms with E-state index in [-0.39, 0.29) is 17.5 Å². The second-order valence-corrected chi connectivity index (χ2v) is 5.52. The molecule has 2 rings (SSSR count). The molecule has 0 saturated carbocycles. The Balaban J connectivity index is 2.19. The predicted octanol–water partition coefficient (Wildman–Crippen LogP) is 1.47. The topological polar surface area (TPSA) is 86.9 Å². The molecule has 1 unspecified atom stereocenters. The average Bonchev–Trinajstić information content (AvgIpc) is 2.84. The summed E-state index contributed by atoms with van der Waals surface area (Å²) in [6, 6.07) is 3.88. The van der Waals surface area contributed by atoms with Gasteiger partial charge in [-0.15, -0.1) is 0 Å². The summed E-state index contributed by atoms with van der Waals surface area (Å²) in [6.45, 7) is 1.46. The Morgan fingerprint density at radius 2 is 2.24 bits per heavy atom. The van der Waals surface area contributed by atoms with E-state index < -0.39 is 16.4 Å². The Kier molecular flexibility index (Phi) is 4.42. The van der Waals surface area contributed by atoms with Gasteiger partial charge in [0.2, 0.25) is 0 Å². The van der Waals surface area contributed by atoms with Gasteiger partial charge in [0, 0.05) is 30.8 Å². The molecule has 1 atom stereocenters. The summed E-state index contributed by atoms with van der Waals surface area (Å²) >= 11 is 0. The van der Waals surface area contributed by atoms with Crippen molar-refractivity contribution in [3.05, 3.63) is 33.9 Å². The third-order valence-corrected chi connectivity index (χ3v) is 3.63. The molecule has 0 bridgehead atoms. The van der Waals surface area contributed by atoms with E-state index in [4.69, 9.17) is 0 Å². The molecule has 0 radical (unpaired) electrons. The number of amides is 1. The van der Waals surface area contributed by atoms with E-state index in [2.05, 4.69) is 0 Å². The Morgan fingerprint density at radius 1 is 1.52 bits per heavy atom. The zero-order valence-electron chi connectivity index (χ0n) is 12.2. The number of likely N-dealkylation sites (N-methyl/N-ethyl adjacent to an activating group) is 1. The summed E-state index contributed by atoms with van der Waals surface area (Å²) in [5.41, 5.74) is -0.110. The molecule has 7 heteroatoms. The zero-order chi connectivity index (χ0) is 15.6. The van der Waals surface area contributed by atoms with Crippen molar-refractivity contribution in [1.29, 1.82) is 0 Å². The van der Waals surface area contributed by atoms with Crippen LogP contribution in [0.5, 0.6) is 5.75 Å². The number of carbonyl (C=O) groups excluding carboxylic acids is 1. The van der Waals surface area contributed by atoms with Gasteiger partial charge in [0.25, 0.3) is 5.91 Å². The van der Waals surface area contributed by atoms with E-state index >= 15 is 0 Å². The Hall–Kier alpha value is -2.15. The van der Waals surface area contributed by atoms with Gasteiger partial charge < -0.3 is 14.9 Å². The van der Waals surface area contributed by atoms with E-state index in [9.17, 15) is 20.0 Å². The number of carbonyl (C=O) groups is 1. The lowest BCUT2D eigenvalue weighted by Crippen LogP contribution is -2.41. The van der Waals surface area contributed by atoms with Gasteiger partial charge in [-0.3, -0.25) is 14.9 Å². The molecule has 1 aromatic carbocycles. The number of benzene rings is 1. The molecule has 1 fully saturated rings. The minimum absolute atomic E-state index is 0.143. The van der Waals surface area contributed by atoms with Crippen LogP contribution in [-0.4, -0.2) is 59.0 Å². The highest BCUT2D eigenvalue weighted by Crippen LogP contribution is 2.28. The first-order valence-corrected chi connectivity index (χ1v) is 6.83. The number of rotatable bonds is 4. The van der Waals surface area contributed by atoms with Gasteiger partial charge >= 0.3 is 5.69 Å². The van der Waals surface area contributed by atoms with Gasteiger partial charge in [0.1, 0.15) is 0 Å². The molecule has 1 saturated heterocycles. The second-order valence-electron chi connectivity index (χ2n) is 5.52. The van der Waals surface area contributed by atoms with Crippen molar-refractivity contribution in [1.82, 2.24) is 9.80 Å². The summed E-state index contributed by atoms with van der Waals surface area (Å²) in [4.78, 5) is 26.3. The number of nitro benzene ring substituents is 1. The lowest BCUT2D eigenvalue weighted by Gasteiger charge is -2.27. The smallest absolute Gasteiger partial charge is 0.310 e. The summed E-state index contributed by atoms with van der Waals surface area (Å²) < 4.78 is 0. The fourth-order valence-electron chi connectivity index (χ4n) is 2.69. The first-order chi connectivity index (χ1) is 9.90. The Labute approximate surface area is 122 Å². The van der Waals surface area contributed by atoms with Crippen LogP contribution in [0, 0.1) is 10.1 Å². The molecule has 0 spiro atoms. The van der Waals surface area contributed by atoms with Crippen molar-refractivity contribution in [2.45, 2.75) is 18.9 Å². The van der Waals surface area contributed by atoms with Crippen LogP contribution < -0.4 is 0 Å². The molecule has 114 valence electrons. The first kappa shape index (κ1) is 15.2. The standard InChI is InChI=1S/C14H19N3O4/c1-15(2)9-11-4-3-7-16(11)14(19)10-5-6-12(17(20)21)13(18)8-10/h5-6,8,11,18H,3-4,7,9H2,1-2H3. The molecule has 1 N–H and O–H groups in total. The molecular formula is C14H19N3O4. The van der Waals surface area contributed by atoms with Crippen LogP contribution in [0.3, 0.4) is 0 Å². The number of likely N-dealkylation sites (tertiary alicyclic amines) is 1. The van der Waals surface area contributed by atoms with E-state index in [1.807, 2.05) is 19.0 Å². The Morgan fingerprint density at radius 3 is 2.81 bits per heavy atom. The Bertz CT molecular complexity index is 559. The third kappa shape index (κ3) is 3.30. The monoisotopic (exact) mass is 293 g/mol. The minimum atomic E-state index is -0.672. The highest BCUT2D eigenvalue weighted by atomic mass is 16.6. The normalized spacial score (nSPS) is 18.2. The minimum Gasteiger partial charge on any atom is -0.502 e. The van der Waals surface area contributed by atoms with Crippen LogP contribution in [0.25, 0.3) is 0 Å². The largest absolute Gasteiger partial charge is 0.502 e. The van der Waals surface area contributed by atoms with E-state index in [0.29, 0.717) is 6.54 Å². The molecule has 0 aromatic heterocycles. The third-order valence-electron chi connectivity index (χ3n) is 3.63. The first-order valence-electron chi connectivity index (χ1n) is 6.83. The van der Waals surface area contributed by atoms with Gasteiger partial charge in [-0.05, 0) is 39.1 Å². The molecule has 1 aliphatic rings. The van der Waals surface area contributed by atoms with Crippen molar-refractivity contribution < 1.29 is 14.8 Å². The molecular weight excluding hydrogens is 274 g/mol. The van der Waals surface area contributed by atoms with Gasteiger partial charge in [-0.2, -0.15) is 0 Å². The maximum Gasteiger partial charge on any atom is 0.310 e. The zero-order valence-corrected chi connectivity index (χ0v) is 12.2. The van der Waals surface area contributed by atoms with Crippen molar-refractivity contribution in [3.63, 3.8) is 0 Å². The number of hydrogen-bond donors (Lipinski definition) is 1. The molecule has 1 heterocycles. The maximum absolute atomic E-state index is 12.5. The van der Waals surface area contributed by atoms with Gasteiger partial charge in [0.15, 0.2) is 5.75 Å². The van der Waals surface area contributed by atoms with Gasteiger partial charge in [-0.25, -0.2) is 0 Å². The fourth-order valence-corrected chi connectivity index (χ4v) is 2.69. The van der Waals surface area contributed by atoms with Gasteiger partial charge in [0.05, 0.1) is 4.92 Å². The van der Waals surface area contributed by atoms with Crippen LogP contribution in [0.15, 0.2) is 18.2 Å². The van der Waals surface area contributed by atoms with Crippen LogP contribution in [0.1, 0.15) is 23.2 Å². The SMILES string of the molecule is CN(C)CC1CCCN1C(=O)c1ccc([N+](=O)[O-])c(O)c1. The number of nitro groups is 1. The van der Waals surface area contributed by atoms with Crippen LogP contribution >= 0.6 is 0 Å². The number of phenolic OH excluding ortho intramolecular Hbond substituents is 1. The molecule has 0 aliphatic carbocycles. The molecule has 1 aliphatic heterocycles. The van der Waals surface area contributed by atoms with Crippen molar-refractivity contribution in [2.24, 2.45) is 0 Å². The lowest BCUT2D eigenvalue weighted by molar-refractivity contribution is -0.385. The second kappa shape index (κ2) is 6.09. The quantitative estimate of drug-likeness (QED) is 0.671. The van der Waals surface area contributed by atoms with Crippen molar-refractivity contribution >= 4 is 11.6 Å². The number of nitrogens with zero attached hydrogens (tertiary/aromatic N) is 3. The lowest BCUT2D eigenvalue weighted by atomic mass is 10.1. The number of hydrogen-bond acceptors (Lipinski definition) is 5. The molecule has 1 aromatic rings. The highest BCUT2D eigenvalue weighted by molar-refractivity contribution is 5.95. The fraction of sp³-hybridized carbons (Fsp3) is 0.500. The molecule has 7 nitrogen and oxygen atoms in total. The molecule has 21 heavy (non-hydrogen) atoms. The summed E-state index contributed by atoms with van der Waals surface area (Å²) in [5.74, 6) is -0.668. The summed E-state index contributed by atoms with van der Waals surface area (Å²) in [5, 5.41) is 20.3. The summed E-state index contributed by atoms with van der Waals surface area (Å²) in [6.07, 6.45) is 1.89.